The molecule has 0 saturated carbocycles. The molecule has 2 aromatic carbocycles. The Kier molecular flexibility index (Phi) is 4.75. The van der Waals surface area contributed by atoms with E-state index in [0.717, 1.165) is 46.0 Å². The minimum atomic E-state index is -4.48. The summed E-state index contributed by atoms with van der Waals surface area (Å²) in [6, 6.07) is 16.2. The second-order valence-electron chi connectivity index (χ2n) is 9.77. The van der Waals surface area contributed by atoms with Crippen molar-refractivity contribution in [3.8, 4) is 16.8 Å². The minimum absolute atomic E-state index is 0.457. The van der Waals surface area contributed by atoms with Crippen LogP contribution in [0.3, 0.4) is 0 Å². The van der Waals surface area contributed by atoms with E-state index < -0.39 is 17.3 Å². The molecular formula is C30H25F3N2+2. The van der Waals surface area contributed by atoms with Crippen molar-refractivity contribution in [3.05, 3.63) is 108 Å². The van der Waals surface area contributed by atoms with Crippen molar-refractivity contribution in [1.29, 1.82) is 0 Å². The fourth-order valence-corrected chi connectivity index (χ4v) is 5.55. The highest BCUT2D eigenvalue weighted by atomic mass is 19.4. The molecule has 0 N–H and O–H groups in total. The lowest BCUT2D eigenvalue weighted by atomic mass is 9.81. The second kappa shape index (κ2) is 7.64. The summed E-state index contributed by atoms with van der Waals surface area (Å²) in [5.74, 6) is 0. The molecular weight excluding hydrogens is 445 g/mol. The van der Waals surface area contributed by atoms with E-state index in [1.807, 2.05) is 18.2 Å². The molecule has 2 nitrogen and oxygen atoms in total. The third-order valence-corrected chi connectivity index (χ3v) is 7.24. The van der Waals surface area contributed by atoms with Crippen LogP contribution in [-0.2, 0) is 11.6 Å². The van der Waals surface area contributed by atoms with Crippen LogP contribution in [0, 0.1) is 0 Å². The van der Waals surface area contributed by atoms with Crippen LogP contribution in [0.5, 0.6) is 0 Å². The molecule has 0 aliphatic heterocycles. The fourth-order valence-electron chi connectivity index (χ4n) is 5.55. The quantitative estimate of drug-likeness (QED) is 0.281. The molecule has 2 aromatic heterocycles. The van der Waals surface area contributed by atoms with E-state index in [-0.39, 0.29) is 0 Å². The predicted molar refractivity (Wildman–Crippen MR) is 131 cm³/mol. The summed E-state index contributed by atoms with van der Waals surface area (Å²) in [7, 11) is 0. The Morgan fingerprint density at radius 3 is 2.40 bits per heavy atom. The van der Waals surface area contributed by atoms with Gasteiger partial charge in [0.2, 0.25) is 11.4 Å². The van der Waals surface area contributed by atoms with E-state index in [2.05, 4.69) is 55.1 Å². The van der Waals surface area contributed by atoms with E-state index >= 15 is 0 Å². The topological polar surface area (TPSA) is 7.76 Å². The molecule has 0 fully saturated rings. The average Bonchev–Trinajstić information content (AvgIpc) is 3.10. The normalized spacial score (nSPS) is 16.2. The van der Waals surface area contributed by atoms with Crippen molar-refractivity contribution in [2.24, 2.45) is 0 Å². The van der Waals surface area contributed by atoms with Gasteiger partial charge in [0.1, 0.15) is 0 Å². The highest BCUT2D eigenvalue weighted by Gasteiger charge is 2.47. The van der Waals surface area contributed by atoms with Crippen LogP contribution in [0.25, 0.3) is 33.3 Å². The van der Waals surface area contributed by atoms with Crippen molar-refractivity contribution >= 4 is 16.5 Å². The second-order valence-corrected chi connectivity index (χ2v) is 9.77. The van der Waals surface area contributed by atoms with Crippen LogP contribution in [0.2, 0.25) is 0 Å². The molecule has 2 aliphatic rings. The van der Waals surface area contributed by atoms with Gasteiger partial charge in [0.25, 0.3) is 5.69 Å². The van der Waals surface area contributed by atoms with Gasteiger partial charge in [-0.15, -0.1) is 0 Å². The number of allylic oxidation sites excluding steroid dienone is 4. The van der Waals surface area contributed by atoms with Crippen molar-refractivity contribution in [3.63, 3.8) is 0 Å². The van der Waals surface area contributed by atoms with Crippen LogP contribution in [0.1, 0.15) is 43.5 Å². The van der Waals surface area contributed by atoms with Gasteiger partial charge in [-0.25, -0.2) is 0 Å². The molecule has 0 bridgehead atoms. The van der Waals surface area contributed by atoms with Gasteiger partial charge in [-0.1, -0.05) is 44.2 Å². The number of para-hydroxylation sites is 1. The summed E-state index contributed by atoms with van der Waals surface area (Å²) < 4.78 is 46.0. The van der Waals surface area contributed by atoms with Gasteiger partial charge in [0.15, 0.2) is 18.6 Å². The SMILES string of the molecule is CC1(C)c2c[n+](-c3ccccc3)c(C(F)(F)F)cc2-c2ccc3c[n+](C4=CCCC=C4)ccc3c21. The average molecular weight is 471 g/mol. The molecule has 2 aliphatic carbocycles. The Bertz CT molecular complexity index is 1540. The van der Waals surface area contributed by atoms with Gasteiger partial charge < -0.3 is 0 Å². The first kappa shape index (κ1) is 21.8. The Labute approximate surface area is 202 Å². The molecule has 0 atom stereocenters. The van der Waals surface area contributed by atoms with E-state index in [0.29, 0.717) is 11.3 Å². The van der Waals surface area contributed by atoms with Crippen molar-refractivity contribution in [2.75, 3.05) is 0 Å². The van der Waals surface area contributed by atoms with Gasteiger partial charge in [0, 0.05) is 46.7 Å². The highest BCUT2D eigenvalue weighted by Crippen LogP contribution is 2.51. The largest absolute Gasteiger partial charge is 0.478 e. The monoisotopic (exact) mass is 470 g/mol. The van der Waals surface area contributed by atoms with Crippen molar-refractivity contribution < 1.29 is 22.3 Å². The number of hydrogen-bond acceptors (Lipinski definition) is 0. The number of rotatable bonds is 2. The molecule has 35 heavy (non-hydrogen) atoms. The molecule has 5 heteroatoms. The van der Waals surface area contributed by atoms with Gasteiger partial charge in [-0.05, 0) is 47.1 Å². The summed E-state index contributed by atoms with van der Waals surface area (Å²) in [4.78, 5) is 0. The summed E-state index contributed by atoms with van der Waals surface area (Å²) in [5.41, 5.74) is 4.00. The fraction of sp³-hybridized carbons (Fsp3) is 0.200. The maximum atomic E-state index is 14.2. The summed E-state index contributed by atoms with van der Waals surface area (Å²) in [6.07, 6.45) is 9.96. The van der Waals surface area contributed by atoms with E-state index in [4.69, 9.17) is 0 Å². The molecule has 2 heterocycles. The molecule has 0 radical (unpaired) electrons. The number of alkyl halides is 3. The van der Waals surface area contributed by atoms with Gasteiger partial charge in [-0.2, -0.15) is 22.3 Å². The van der Waals surface area contributed by atoms with Crippen LogP contribution in [-0.4, -0.2) is 0 Å². The van der Waals surface area contributed by atoms with Crippen LogP contribution >= 0.6 is 0 Å². The molecule has 0 spiro atoms. The molecule has 4 aromatic rings. The van der Waals surface area contributed by atoms with Crippen LogP contribution < -0.4 is 9.13 Å². The van der Waals surface area contributed by atoms with E-state index in [1.165, 1.54) is 10.6 Å². The Morgan fingerprint density at radius 2 is 1.69 bits per heavy atom. The van der Waals surface area contributed by atoms with Gasteiger partial charge >= 0.3 is 6.18 Å². The van der Waals surface area contributed by atoms with Crippen molar-refractivity contribution in [1.82, 2.24) is 0 Å². The van der Waals surface area contributed by atoms with Gasteiger partial charge in [0.05, 0.1) is 0 Å². The zero-order valence-corrected chi connectivity index (χ0v) is 19.6. The first-order valence-electron chi connectivity index (χ1n) is 11.8. The number of pyridine rings is 2. The molecule has 174 valence electrons. The molecule has 0 saturated heterocycles. The summed E-state index contributed by atoms with van der Waals surface area (Å²) in [5, 5.41) is 2.14. The van der Waals surface area contributed by atoms with Crippen LogP contribution in [0.4, 0.5) is 13.2 Å². The third kappa shape index (κ3) is 3.41. The Hall–Kier alpha value is -3.73. The van der Waals surface area contributed by atoms with Crippen molar-refractivity contribution in [2.45, 2.75) is 38.3 Å². The minimum Gasteiger partial charge on any atom is -0.167 e. The number of aromatic nitrogens is 2. The Morgan fingerprint density at radius 1 is 0.886 bits per heavy atom. The lowest BCUT2D eigenvalue weighted by Crippen LogP contribution is -2.41. The number of hydrogen-bond donors (Lipinski definition) is 0. The lowest BCUT2D eigenvalue weighted by Gasteiger charge is -2.22. The number of nitrogens with zero attached hydrogens (tertiary/aromatic N) is 2. The molecule has 6 rings (SSSR count). The smallest absolute Gasteiger partial charge is 0.167 e. The Balaban J connectivity index is 1.58. The summed E-state index contributed by atoms with van der Waals surface area (Å²) >= 11 is 0. The third-order valence-electron chi connectivity index (χ3n) is 7.24. The first-order valence-corrected chi connectivity index (χ1v) is 11.8. The van der Waals surface area contributed by atoms with Gasteiger partial charge in [-0.3, -0.25) is 0 Å². The van der Waals surface area contributed by atoms with E-state index in [1.54, 1.807) is 30.5 Å². The maximum Gasteiger partial charge on any atom is 0.478 e. The highest BCUT2D eigenvalue weighted by molar-refractivity contribution is 5.96. The first-order chi connectivity index (χ1) is 16.7. The predicted octanol–water partition coefficient (Wildman–Crippen LogP) is 6.92. The number of halogens is 3. The zero-order chi connectivity index (χ0) is 24.4. The maximum absolute atomic E-state index is 14.2. The standard InChI is InChI=1S/C30H25F3N2/c1-29(2)26-19-35(22-11-7-4-8-12-22)27(30(31,32)33)17-25(26)24-14-13-20-18-34(16-15-23(20)28(24)29)21-9-5-3-6-10-21/h4-5,7-19H,3,6H2,1-2H3/q+2. The zero-order valence-electron chi connectivity index (χ0n) is 19.6. The molecule has 0 unspecified atom stereocenters. The van der Waals surface area contributed by atoms with E-state index in [9.17, 15) is 13.2 Å². The van der Waals surface area contributed by atoms with Crippen LogP contribution in [0.15, 0.2) is 91.4 Å². The number of benzene rings is 2. The lowest BCUT2D eigenvalue weighted by molar-refractivity contribution is -0.620. The molecule has 0 amide bonds. The number of fused-ring (bicyclic) bond motifs is 5. The summed E-state index contributed by atoms with van der Waals surface area (Å²) in [6.45, 7) is 4.21.